The van der Waals surface area contributed by atoms with Crippen LogP contribution in [-0.4, -0.2) is 5.91 Å². The number of hydrogen-bond donors (Lipinski definition) is 2. The number of rotatable bonds is 2. The molecule has 3 N–H and O–H groups in total. The lowest BCUT2D eigenvalue weighted by Crippen LogP contribution is -2.12. The van der Waals surface area contributed by atoms with Gasteiger partial charge >= 0.3 is 0 Å². The fraction of sp³-hybridized carbons (Fsp3) is 0.133. The first-order chi connectivity index (χ1) is 9.63. The van der Waals surface area contributed by atoms with Gasteiger partial charge in [-0.05, 0) is 41.5 Å². The van der Waals surface area contributed by atoms with E-state index in [9.17, 15) is 4.79 Å². The number of amides is 1. The van der Waals surface area contributed by atoms with Crippen LogP contribution in [-0.2, 0) is 18.0 Å². The number of carbonyl (C=O) groups is 1. The summed E-state index contributed by atoms with van der Waals surface area (Å²) in [4.78, 5) is 12.2. The van der Waals surface area contributed by atoms with Crippen LogP contribution in [0, 0.1) is 0 Å². The number of halogens is 1. The second kappa shape index (κ2) is 5.15. The number of nitrogens with one attached hydrogen (secondary N) is 1. The molecule has 0 aliphatic carbocycles. The number of nitrogens with two attached hydrogens (primary N) is 1. The average molecular weight is 289 g/mol. The van der Waals surface area contributed by atoms with Crippen LogP contribution >= 0.6 is 11.6 Å². The molecular weight excluding hydrogens is 276 g/mol. The lowest BCUT2D eigenvalue weighted by Gasteiger charge is -2.09. The highest BCUT2D eigenvalue weighted by Gasteiger charge is 2.15. The number of carbonyl (C=O) groups excluding carboxylic acids is 1. The maximum atomic E-state index is 12.2. The predicted octanol–water partition coefficient (Wildman–Crippen LogP) is 3.20. The molecule has 0 fully saturated rings. The molecule has 0 saturated heterocycles. The number of ether oxygens (including phenoxy) is 1. The minimum absolute atomic E-state index is 0.216. The third-order valence-corrected chi connectivity index (χ3v) is 3.55. The monoisotopic (exact) mass is 288 g/mol. The minimum Gasteiger partial charge on any atom is -0.399 e. The Kier molecular flexibility index (Phi) is 3.34. The molecule has 0 aromatic heterocycles. The molecule has 0 saturated carbocycles. The van der Waals surface area contributed by atoms with Crippen LogP contribution in [0.4, 0.5) is 11.4 Å². The molecule has 5 heteroatoms. The molecule has 1 aliphatic heterocycles. The van der Waals surface area contributed by atoms with Gasteiger partial charge < -0.3 is 15.8 Å². The van der Waals surface area contributed by atoms with E-state index in [1.807, 2.05) is 12.1 Å². The van der Waals surface area contributed by atoms with Crippen molar-refractivity contribution in [2.24, 2.45) is 0 Å². The van der Waals surface area contributed by atoms with Gasteiger partial charge in [-0.2, -0.15) is 0 Å². The second-order valence-electron chi connectivity index (χ2n) is 4.67. The molecule has 3 rings (SSSR count). The highest BCUT2D eigenvalue weighted by Crippen LogP contribution is 2.25. The van der Waals surface area contributed by atoms with Crippen molar-refractivity contribution >= 4 is 28.9 Å². The average Bonchev–Trinajstić information content (AvgIpc) is 2.90. The normalized spacial score (nSPS) is 13.1. The summed E-state index contributed by atoms with van der Waals surface area (Å²) in [5.41, 5.74) is 9.50. The van der Waals surface area contributed by atoms with Crippen molar-refractivity contribution in [3.8, 4) is 0 Å². The first-order valence-electron chi connectivity index (χ1n) is 6.19. The topological polar surface area (TPSA) is 64.3 Å². The first-order valence-corrected chi connectivity index (χ1v) is 6.57. The standard InChI is InChI=1S/C15H13ClN2O2/c16-13-4-3-12(17)6-14(13)18-15(19)9-1-2-10-7-20-8-11(10)5-9/h1-6H,7-8,17H2,(H,18,19). The van der Waals surface area contributed by atoms with Gasteiger partial charge in [0.25, 0.3) is 5.91 Å². The molecule has 0 radical (unpaired) electrons. The number of fused-ring (bicyclic) bond motifs is 1. The number of benzene rings is 2. The maximum absolute atomic E-state index is 12.2. The maximum Gasteiger partial charge on any atom is 0.255 e. The molecule has 20 heavy (non-hydrogen) atoms. The quantitative estimate of drug-likeness (QED) is 0.834. The van der Waals surface area contributed by atoms with Crippen molar-refractivity contribution in [2.75, 3.05) is 11.1 Å². The zero-order chi connectivity index (χ0) is 14.1. The largest absolute Gasteiger partial charge is 0.399 e. The smallest absolute Gasteiger partial charge is 0.255 e. The van der Waals surface area contributed by atoms with Crippen molar-refractivity contribution in [2.45, 2.75) is 13.2 Å². The number of nitrogen functional groups attached to an aromatic ring is 1. The van der Waals surface area contributed by atoms with E-state index in [-0.39, 0.29) is 5.91 Å². The van der Waals surface area contributed by atoms with E-state index in [0.717, 1.165) is 11.1 Å². The molecule has 4 nitrogen and oxygen atoms in total. The summed E-state index contributed by atoms with van der Waals surface area (Å²) < 4.78 is 5.33. The second-order valence-corrected chi connectivity index (χ2v) is 5.08. The Balaban J connectivity index is 1.84. The molecule has 0 atom stereocenters. The Bertz CT molecular complexity index is 686. The number of anilines is 2. The minimum atomic E-state index is -0.216. The van der Waals surface area contributed by atoms with Crippen LogP contribution in [0.2, 0.25) is 5.02 Å². The lowest BCUT2D eigenvalue weighted by molar-refractivity contribution is 0.102. The van der Waals surface area contributed by atoms with Gasteiger partial charge in [0.15, 0.2) is 0 Å². The van der Waals surface area contributed by atoms with Gasteiger partial charge in [-0.15, -0.1) is 0 Å². The van der Waals surface area contributed by atoms with Gasteiger partial charge in [0.1, 0.15) is 0 Å². The molecule has 102 valence electrons. The van der Waals surface area contributed by atoms with Gasteiger partial charge in [0, 0.05) is 11.3 Å². The van der Waals surface area contributed by atoms with E-state index < -0.39 is 0 Å². The summed E-state index contributed by atoms with van der Waals surface area (Å²) in [5.74, 6) is -0.216. The van der Waals surface area contributed by atoms with E-state index in [0.29, 0.717) is 35.2 Å². The van der Waals surface area contributed by atoms with E-state index in [2.05, 4.69) is 5.32 Å². The first kappa shape index (κ1) is 13.0. The Morgan fingerprint density at radius 3 is 2.80 bits per heavy atom. The van der Waals surface area contributed by atoms with Gasteiger partial charge in [0.05, 0.1) is 23.9 Å². The molecule has 0 bridgehead atoms. The van der Waals surface area contributed by atoms with Crippen molar-refractivity contribution in [1.29, 1.82) is 0 Å². The summed E-state index contributed by atoms with van der Waals surface area (Å²) in [6.45, 7) is 1.16. The van der Waals surface area contributed by atoms with Crippen LogP contribution in [0.25, 0.3) is 0 Å². The van der Waals surface area contributed by atoms with Crippen molar-refractivity contribution in [3.05, 3.63) is 58.1 Å². The highest BCUT2D eigenvalue weighted by atomic mass is 35.5. The Hall–Kier alpha value is -2.04. The fourth-order valence-electron chi connectivity index (χ4n) is 2.15. The van der Waals surface area contributed by atoms with Gasteiger partial charge in [-0.3, -0.25) is 4.79 Å². The fourth-order valence-corrected chi connectivity index (χ4v) is 2.31. The van der Waals surface area contributed by atoms with Gasteiger partial charge in [0.2, 0.25) is 0 Å². The van der Waals surface area contributed by atoms with Crippen LogP contribution in [0.1, 0.15) is 21.5 Å². The highest BCUT2D eigenvalue weighted by molar-refractivity contribution is 6.34. The van der Waals surface area contributed by atoms with Crippen molar-refractivity contribution in [3.63, 3.8) is 0 Å². The summed E-state index contributed by atoms with van der Waals surface area (Å²) >= 11 is 6.03. The summed E-state index contributed by atoms with van der Waals surface area (Å²) in [5, 5.41) is 3.22. The molecule has 0 unspecified atom stereocenters. The van der Waals surface area contributed by atoms with Gasteiger partial charge in [-0.1, -0.05) is 17.7 Å². The zero-order valence-corrected chi connectivity index (χ0v) is 11.4. The molecule has 1 aliphatic rings. The predicted molar refractivity (Wildman–Crippen MR) is 78.8 cm³/mol. The summed E-state index contributed by atoms with van der Waals surface area (Å²) in [6, 6.07) is 10.5. The molecule has 0 spiro atoms. The van der Waals surface area contributed by atoms with Crippen LogP contribution in [0.5, 0.6) is 0 Å². The molecule has 1 heterocycles. The molecule has 1 amide bonds. The van der Waals surface area contributed by atoms with E-state index in [1.54, 1.807) is 24.3 Å². The molecule has 2 aromatic carbocycles. The zero-order valence-electron chi connectivity index (χ0n) is 10.7. The van der Waals surface area contributed by atoms with E-state index in [1.165, 1.54) is 0 Å². The van der Waals surface area contributed by atoms with Crippen molar-refractivity contribution < 1.29 is 9.53 Å². The third kappa shape index (κ3) is 2.48. The van der Waals surface area contributed by atoms with E-state index in [4.69, 9.17) is 22.1 Å². The molecule has 2 aromatic rings. The Labute approximate surface area is 121 Å². The van der Waals surface area contributed by atoms with Crippen LogP contribution in [0.15, 0.2) is 36.4 Å². The molecular formula is C15H13ClN2O2. The SMILES string of the molecule is Nc1ccc(Cl)c(NC(=O)c2ccc3c(c2)COC3)c1. The summed E-state index contributed by atoms with van der Waals surface area (Å²) in [6.07, 6.45) is 0. The Morgan fingerprint density at radius 2 is 1.95 bits per heavy atom. The van der Waals surface area contributed by atoms with Crippen LogP contribution < -0.4 is 11.1 Å². The Morgan fingerprint density at radius 1 is 1.15 bits per heavy atom. The van der Waals surface area contributed by atoms with Crippen molar-refractivity contribution in [1.82, 2.24) is 0 Å². The lowest BCUT2D eigenvalue weighted by atomic mass is 10.1. The van der Waals surface area contributed by atoms with Crippen LogP contribution in [0.3, 0.4) is 0 Å². The number of hydrogen-bond acceptors (Lipinski definition) is 3. The van der Waals surface area contributed by atoms with Gasteiger partial charge in [-0.25, -0.2) is 0 Å². The van der Waals surface area contributed by atoms with E-state index >= 15 is 0 Å². The summed E-state index contributed by atoms with van der Waals surface area (Å²) in [7, 11) is 0. The third-order valence-electron chi connectivity index (χ3n) is 3.22.